The van der Waals surface area contributed by atoms with Crippen LogP contribution < -0.4 is 15.1 Å². The Morgan fingerprint density at radius 3 is 2.61 bits per heavy atom. The van der Waals surface area contributed by atoms with Gasteiger partial charge in [-0.3, -0.25) is 4.79 Å². The molecule has 0 aliphatic carbocycles. The Balaban J connectivity index is 1.26. The average molecular weight is 449 g/mol. The van der Waals surface area contributed by atoms with Crippen molar-refractivity contribution in [1.82, 2.24) is 4.98 Å². The first kappa shape index (κ1) is 21.1. The van der Waals surface area contributed by atoms with E-state index in [2.05, 4.69) is 21.3 Å². The van der Waals surface area contributed by atoms with Crippen LogP contribution in [0.25, 0.3) is 11.7 Å². The van der Waals surface area contributed by atoms with Crippen molar-refractivity contribution in [2.75, 3.05) is 41.3 Å². The van der Waals surface area contributed by atoms with E-state index in [-0.39, 0.29) is 29.1 Å². The van der Waals surface area contributed by atoms with Crippen LogP contribution in [0.5, 0.6) is 0 Å². The van der Waals surface area contributed by atoms with Crippen molar-refractivity contribution in [3.05, 3.63) is 48.1 Å². The molecule has 8 nitrogen and oxygen atoms in total. The Kier molecular flexibility index (Phi) is 5.73. The molecule has 1 aromatic carbocycles. The number of halogens is 1. The second-order valence-corrected chi connectivity index (χ2v) is 8.34. The molecule has 4 heterocycles. The van der Waals surface area contributed by atoms with Crippen LogP contribution in [0.4, 0.5) is 21.6 Å². The fraction of sp³-hybridized carbons (Fsp3) is 0.375. The number of oxazole rings is 1. The third-order valence-corrected chi connectivity index (χ3v) is 6.29. The van der Waals surface area contributed by atoms with Crippen LogP contribution in [-0.4, -0.2) is 37.1 Å². The van der Waals surface area contributed by atoms with Gasteiger partial charge >= 0.3 is 0 Å². The molecule has 2 aliphatic heterocycles. The zero-order valence-electron chi connectivity index (χ0n) is 18.1. The largest absolute Gasteiger partial charge is 0.459 e. The summed E-state index contributed by atoms with van der Waals surface area (Å²) in [4.78, 5) is 21.3. The predicted molar refractivity (Wildman–Crippen MR) is 120 cm³/mol. The number of aromatic nitrogens is 1. The van der Waals surface area contributed by atoms with Gasteiger partial charge in [-0.15, -0.1) is 0 Å². The van der Waals surface area contributed by atoms with Gasteiger partial charge in [0.15, 0.2) is 5.76 Å². The van der Waals surface area contributed by atoms with E-state index >= 15 is 0 Å². The number of rotatable bonds is 5. The molecule has 2 fully saturated rings. The highest BCUT2D eigenvalue weighted by molar-refractivity contribution is 5.96. The zero-order valence-corrected chi connectivity index (χ0v) is 18.1. The minimum atomic E-state index is -0.420. The van der Waals surface area contributed by atoms with Crippen LogP contribution in [0.1, 0.15) is 31.4 Å². The van der Waals surface area contributed by atoms with E-state index in [1.807, 2.05) is 11.0 Å². The minimum Gasteiger partial charge on any atom is -0.459 e. The van der Waals surface area contributed by atoms with Crippen LogP contribution in [-0.2, 0) is 4.79 Å². The Morgan fingerprint density at radius 1 is 1.12 bits per heavy atom. The molecule has 1 N–H and O–H groups in total. The van der Waals surface area contributed by atoms with E-state index < -0.39 is 5.82 Å². The van der Waals surface area contributed by atoms with Crippen LogP contribution in [0.3, 0.4) is 0 Å². The standard InChI is InChI=1S/C24H24FN5O3/c25-17-5-3-6-19(29-10-1-2-11-29)21(17)28-22(31)16-8-12-30(13-9-16)24-18(15-26)27-23(33-24)20-7-4-14-32-20/h3-7,14,16H,1-2,8-13H2,(H,28,31). The Labute approximate surface area is 190 Å². The number of furan rings is 1. The van der Waals surface area contributed by atoms with Crippen LogP contribution in [0, 0.1) is 23.1 Å². The molecule has 2 aliphatic rings. The quantitative estimate of drug-likeness (QED) is 0.616. The number of benzene rings is 1. The first-order chi connectivity index (χ1) is 16.1. The molecule has 0 radical (unpaired) electrons. The van der Waals surface area contributed by atoms with Crippen molar-refractivity contribution >= 4 is 23.2 Å². The molecule has 1 amide bonds. The zero-order chi connectivity index (χ0) is 22.8. The summed E-state index contributed by atoms with van der Waals surface area (Å²) in [7, 11) is 0. The lowest BCUT2D eigenvalue weighted by Crippen LogP contribution is -2.38. The van der Waals surface area contributed by atoms with E-state index in [0.29, 0.717) is 37.6 Å². The van der Waals surface area contributed by atoms with Crippen molar-refractivity contribution in [3.63, 3.8) is 0 Å². The molecular weight excluding hydrogens is 425 g/mol. The number of carbonyl (C=O) groups excluding carboxylic acids is 1. The molecule has 0 bridgehead atoms. The molecule has 3 aromatic rings. The Hall–Kier alpha value is -3.80. The highest BCUT2D eigenvalue weighted by atomic mass is 19.1. The van der Waals surface area contributed by atoms with E-state index in [1.165, 1.54) is 12.3 Å². The number of nitriles is 1. The summed E-state index contributed by atoms with van der Waals surface area (Å²) in [5, 5.41) is 12.3. The van der Waals surface area contributed by atoms with Crippen molar-refractivity contribution in [2.45, 2.75) is 25.7 Å². The van der Waals surface area contributed by atoms with Gasteiger partial charge < -0.3 is 24.0 Å². The van der Waals surface area contributed by atoms with E-state index in [0.717, 1.165) is 31.6 Å². The topological polar surface area (TPSA) is 98.5 Å². The number of hydrogen-bond donors (Lipinski definition) is 1. The molecule has 9 heteroatoms. The summed E-state index contributed by atoms with van der Waals surface area (Å²) in [6.07, 6.45) is 4.76. The van der Waals surface area contributed by atoms with Crippen molar-refractivity contribution in [1.29, 1.82) is 5.26 Å². The average Bonchev–Trinajstić information content (AvgIpc) is 3.62. The smallest absolute Gasteiger partial charge is 0.266 e. The molecule has 0 unspecified atom stereocenters. The normalized spacial score (nSPS) is 16.7. The van der Waals surface area contributed by atoms with Gasteiger partial charge in [-0.25, -0.2) is 4.39 Å². The van der Waals surface area contributed by atoms with Gasteiger partial charge in [-0.1, -0.05) is 6.07 Å². The number of anilines is 3. The second kappa shape index (κ2) is 8.98. The van der Waals surface area contributed by atoms with Gasteiger partial charge in [0.1, 0.15) is 17.6 Å². The third kappa shape index (κ3) is 4.16. The maximum absolute atomic E-state index is 14.6. The van der Waals surface area contributed by atoms with Crippen molar-refractivity contribution in [2.24, 2.45) is 5.92 Å². The van der Waals surface area contributed by atoms with Crippen LogP contribution in [0.15, 0.2) is 45.4 Å². The monoisotopic (exact) mass is 449 g/mol. The Morgan fingerprint density at radius 2 is 1.91 bits per heavy atom. The predicted octanol–water partition coefficient (Wildman–Crippen LogP) is 4.40. The van der Waals surface area contributed by atoms with E-state index in [4.69, 9.17) is 8.83 Å². The second-order valence-electron chi connectivity index (χ2n) is 8.34. The lowest BCUT2D eigenvalue weighted by molar-refractivity contribution is -0.120. The lowest BCUT2D eigenvalue weighted by Gasteiger charge is -2.31. The molecule has 0 saturated carbocycles. The van der Waals surface area contributed by atoms with Gasteiger partial charge in [0, 0.05) is 32.1 Å². The number of amides is 1. The summed E-state index contributed by atoms with van der Waals surface area (Å²) >= 11 is 0. The van der Waals surface area contributed by atoms with Gasteiger partial charge in [-0.2, -0.15) is 10.2 Å². The third-order valence-electron chi connectivity index (χ3n) is 6.29. The number of nitrogens with one attached hydrogen (secondary N) is 1. The number of piperidine rings is 1. The number of nitrogens with zero attached hydrogens (tertiary/aromatic N) is 4. The maximum atomic E-state index is 14.6. The summed E-state index contributed by atoms with van der Waals surface area (Å²) in [6.45, 7) is 2.78. The fourth-order valence-corrected chi connectivity index (χ4v) is 4.53. The molecule has 5 rings (SSSR count). The Bertz CT molecular complexity index is 1170. The summed E-state index contributed by atoms with van der Waals surface area (Å²) in [5.41, 5.74) is 1.19. The fourth-order valence-electron chi connectivity index (χ4n) is 4.53. The lowest BCUT2D eigenvalue weighted by atomic mass is 9.95. The molecule has 2 saturated heterocycles. The molecule has 2 aromatic heterocycles. The van der Waals surface area contributed by atoms with Crippen molar-refractivity contribution < 1.29 is 18.0 Å². The van der Waals surface area contributed by atoms with Gasteiger partial charge in [0.05, 0.1) is 12.0 Å². The molecule has 0 spiro atoms. The highest BCUT2D eigenvalue weighted by Crippen LogP contribution is 2.34. The minimum absolute atomic E-state index is 0.186. The number of carbonyl (C=O) groups is 1. The first-order valence-electron chi connectivity index (χ1n) is 11.2. The summed E-state index contributed by atoms with van der Waals surface area (Å²) in [5.74, 6) is 0.218. The van der Waals surface area contributed by atoms with Gasteiger partial charge in [0.2, 0.25) is 17.5 Å². The highest BCUT2D eigenvalue weighted by Gasteiger charge is 2.30. The van der Waals surface area contributed by atoms with Gasteiger partial charge in [0.25, 0.3) is 5.89 Å². The SMILES string of the molecule is N#Cc1nc(-c2ccco2)oc1N1CCC(C(=O)Nc2c(F)cccc2N2CCCC2)CC1. The van der Waals surface area contributed by atoms with Crippen LogP contribution in [0.2, 0.25) is 0 Å². The number of para-hydroxylation sites is 1. The number of hydrogen-bond acceptors (Lipinski definition) is 7. The maximum Gasteiger partial charge on any atom is 0.266 e. The molecule has 170 valence electrons. The van der Waals surface area contributed by atoms with Crippen LogP contribution >= 0.6 is 0 Å². The summed E-state index contributed by atoms with van der Waals surface area (Å²) in [6, 6.07) is 10.4. The molecule has 33 heavy (non-hydrogen) atoms. The molecular formula is C24H24FN5O3. The van der Waals surface area contributed by atoms with Gasteiger partial charge in [-0.05, 0) is 49.9 Å². The summed E-state index contributed by atoms with van der Waals surface area (Å²) < 4.78 is 25.7. The molecule has 0 atom stereocenters. The van der Waals surface area contributed by atoms with E-state index in [1.54, 1.807) is 18.2 Å². The first-order valence-corrected chi connectivity index (χ1v) is 11.2. The van der Waals surface area contributed by atoms with Crippen molar-refractivity contribution in [3.8, 4) is 17.7 Å². The van der Waals surface area contributed by atoms with E-state index in [9.17, 15) is 14.4 Å².